The molecule has 0 aliphatic heterocycles. The number of hydrogen-bond acceptors (Lipinski definition) is 2. The summed E-state index contributed by atoms with van der Waals surface area (Å²) in [5.41, 5.74) is 2.41. The molecule has 118 valence electrons. The molecule has 0 spiro atoms. The van der Waals surface area contributed by atoms with E-state index in [-0.39, 0.29) is 0 Å². The van der Waals surface area contributed by atoms with Crippen LogP contribution in [0, 0.1) is 6.92 Å². The van der Waals surface area contributed by atoms with Crippen molar-refractivity contribution in [2.75, 3.05) is 13.2 Å². The molecule has 0 amide bonds. The molecule has 0 aromatic heterocycles. The third-order valence-corrected chi connectivity index (χ3v) is 4.36. The fraction of sp³-hybridized carbons (Fsp3) is 0.667. The molecule has 3 N–H and O–H groups in total. The van der Waals surface area contributed by atoms with Gasteiger partial charge in [0.1, 0.15) is 25.0 Å². The predicted octanol–water partition coefficient (Wildman–Crippen LogP) is 2.36. The van der Waals surface area contributed by atoms with Gasteiger partial charge < -0.3 is 15.2 Å². The minimum absolute atomic E-state index is 0.381. The predicted molar refractivity (Wildman–Crippen MR) is 85.8 cm³/mol. The number of aryl methyl sites for hydroxylation is 1. The molecule has 0 heterocycles. The fourth-order valence-electron chi connectivity index (χ4n) is 3.04. The Kier molecular flexibility index (Phi) is 6.07. The van der Waals surface area contributed by atoms with Crippen molar-refractivity contribution in [3.63, 3.8) is 0 Å². The Labute approximate surface area is 128 Å². The van der Waals surface area contributed by atoms with E-state index in [1.807, 2.05) is 0 Å². The topological polar surface area (TPSA) is 46.1 Å². The largest absolute Gasteiger partial charge is 0.490 e. The van der Waals surface area contributed by atoms with E-state index in [0.717, 1.165) is 12.3 Å². The van der Waals surface area contributed by atoms with E-state index in [4.69, 9.17) is 4.74 Å². The summed E-state index contributed by atoms with van der Waals surface area (Å²) in [5, 5.41) is 12.4. The van der Waals surface area contributed by atoms with Gasteiger partial charge in [0.25, 0.3) is 0 Å². The van der Waals surface area contributed by atoms with Crippen molar-refractivity contribution in [2.45, 2.75) is 64.5 Å². The minimum atomic E-state index is -0.397. The smallest absolute Gasteiger partial charge is 0.137 e. The monoisotopic (exact) mass is 292 g/mol. The Morgan fingerprint density at radius 1 is 1.29 bits per heavy atom. The summed E-state index contributed by atoms with van der Waals surface area (Å²) < 4.78 is 5.89. The van der Waals surface area contributed by atoms with Gasteiger partial charge in [-0.15, -0.1) is 0 Å². The molecule has 2 rings (SSSR count). The first-order chi connectivity index (χ1) is 10.1. The zero-order chi connectivity index (χ0) is 15.2. The summed E-state index contributed by atoms with van der Waals surface area (Å²) in [4.78, 5) is 0. The van der Waals surface area contributed by atoms with E-state index in [2.05, 4.69) is 44.3 Å². The molecule has 3 heteroatoms. The van der Waals surface area contributed by atoms with Crippen LogP contribution in [0.15, 0.2) is 18.2 Å². The van der Waals surface area contributed by atoms with Gasteiger partial charge in [0.05, 0.1) is 6.04 Å². The number of quaternary nitrogens is 1. The van der Waals surface area contributed by atoms with Gasteiger partial charge in [0.2, 0.25) is 0 Å². The van der Waals surface area contributed by atoms with Crippen LogP contribution < -0.4 is 10.1 Å². The molecule has 0 saturated heterocycles. The highest BCUT2D eigenvalue weighted by Gasteiger charge is 2.19. The number of ether oxygens (including phenoxy) is 1. The first-order valence-electron chi connectivity index (χ1n) is 8.31. The van der Waals surface area contributed by atoms with E-state index in [9.17, 15) is 5.11 Å². The average Bonchev–Trinajstić information content (AvgIpc) is 2.96. The van der Waals surface area contributed by atoms with Crippen molar-refractivity contribution in [3.05, 3.63) is 29.3 Å². The summed E-state index contributed by atoms with van der Waals surface area (Å²) in [6.45, 7) is 7.53. The normalized spacial score (nSPS) is 17.4. The fourth-order valence-corrected chi connectivity index (χ4v) is 3.04. The molecule has 21 heavy (non-hydrogen) atoms. The zero-order valence-electron chi connectivity index (χ0n) is 13.6. The lowest BCUT2D eigenvalue weighted by Crippen LogP contribution is -2.91. The second-order valence-electron chi connectivity index (χ2n) is 6.68. The summed E-state index contributed by atoms with van der Waals surface area (Å²) in [7, 11) is 0. The van der Waals surface area contributed by atoms with Crippen molar-refractivity contribution in [2.24, 2.45) is 0 Å². The summed E-state index contributed by atoms with van der Waals surface area (Å²) in [6, 6.07) is 7.03. The van der Waals surface area contributed by atoms with Crippen LogP contribution in [0.5, 0.6) is 5.75 Å². The SMILES string of the molecule is Cc1ccc(C(C)C)c(OC[C@@H](O)C[NH2+]C2CCCC2)c1. The van der Waals surface area contributed by atoms with E-state index < -0.39 is 6.10 Å². The highest BCUT2D eigenvalue weighted by molar-refractivity contribution is 5.39. The second kappa shape index (κ2) is 7.81. The highest BCUT2D eigenvalue weighted by Crippen LogP contribution is 2.27. The van der Waals surface area contributed by atoms with Gasteiger partial charge in [-0.25, -0.2) is 0 Å². The van der Waals surface area contributed by atoms with Gasteiger partial charge in [-0.2, -0.15) is 0 Å². The van der Waals surface area contributed by atoms with Crippen LogP contribution in [-0.4, -0.2) is 30.4 Å². The van der Waals surface area contributed by atoms with E-state index >= 15 is 0 Å². The van der Waals surface area contributed by atoms with Crippen LogP contribution in [0.3, 0.4) is 0 Å². The van der Waals surface area contributed by atoms with Crippen LogP contribution >= 0.6 is 0 Å². The van der Waals surface area contributed by atoms with Gasteiger partial charge >= 0.3 is 0 Å². The standard InChI is InChI=1S/C18H29NO2/c1-13(2)17-9-8-14(3)10-18(17)21-12-16(20)11-19-15-6-4-5-7-15/h8-10,13,15-16,19-20H,4-7,11-12H2,1-3H3/p+1/t16-/m0/s1. The van der Waals surface area contributed by atoms with Crippen LogP contribution in [0.1, 0.15) is 56.6 Å². The molecule has 3 nitrogen and oxygen atoms in total. The Balaban J connectivity index is 1.82. The van der Waals surface area contributed by atoms with Gasteiger partial charge in [0, 0.05) is 0 Å². The maximum atomic E-state index is 10.1. The van der Waals surface area contributed by atoms with Gasteiger partial charge in [0.15, 0.2) is 0 Å². The number of aliphatic hydroxyl groups excluding tert-OH is 1. The molecule has 1 aromatic rings. The number of nitrogens with two attached hydrogens (primary N) is 1. The molecular weight excluding hydrogens is 262 g/mol. The molecule has 0 radical (unpaired) electrons. The quantitative estimate of drug-likeness (QED) is 0.810. The summed E-state index contributed by atoms with van der Waals surface area (Å²) in [5.74, 6) is 1.35. The Hall–Kier alpha value is -1.06. The molecule has 1 atom stereocenters. The Morgan fingerprint density at radius 2 is 2.00 bits per heavy atom. The summed E-state index contributed by atoms with van der Waals surface area (Å²) >= 11 is 0. The lowest BCUT2D eigenvalue weighted by Gasteiger charge is -2.17. The van der Waals surface area contributed by atoms with Gasteiger partial charge in [-0.05, 0) is 55.7 Å². The Morgan fingerprint density at radius 3 is 2.67 bits per heavy atom. The van der Waals surface area contributed by atoms with Gasteiger partial charge in [-0.3, -0.25) is 0 Å². The lowest BCUT2D eigenvalue weighted by atomic mass is 10.0. The van der Waals surface area contributed by atoms with Crippen molar-refractivity contribution < 1.29 is 15.2 Å². The number of rotatable bonds is 7. The Bertz CT molecular complexity index is 439. The van der Waals surface area contributed by atoms with Crippen molar-refractivity contribution in [1.29, 1.82) is 0 Å². The zero-order valence-corrected chi connectivity index (χ0v) is 13.6. The molecule has 1 aromatic carbocycles. The van der Waals surface area contributed by atoms with Gasteiger partial charge in [-0.1, -0.05) is 26.0 Å². The second-order valence-corrected chi connectivity index (χ2v) is 6.68. The third kappa shape index (κ3) is 5.01. The highest BCUT2D eigenvalue weighted by atomic mass is 16.5. The third-order valence-electron chi connectivity index (χ3n) is 4.36. The maximum absolute atomic E-state index is 10.1. The average molecular weight is 292 g/mol. The van der Waals surface area contributed by atoms with Crippen LogP contribution in [0.2, 0.25) is 0 Å². The lowest BCUT2D eigenvalue weighted by molar-refractivity contribution is -0.693. The van der Waals surface area contributed by atoms with Crippen LogP contribution in [0.25, 0.3) is 0 Å². The number of hydrogen-bond donors (Lipinski definition) is 2. The first-order valence-corrected chi connectivity index (χ1v) is 8.31. The van der Waals surface area contributed by atoms with Crippen molar-refractivity contribution in [3.8, 4) is 5.75 Å². The first kappa shape index (κ1) is 16.3. The molecule has 1 aliphatic rings. The maximum Gasteiger partial charge on any atom is 0.137 e. The molecule has 1 aliphatic carbocycles. The molecule has 0 bridgehead atoms. The van der Waals surface area contributed by atoms with Crippen LogP contribution in [-0.2, 0) is 0 Å². The molecular formula is C18H30NO2+. The molecule has 1 fully saturated rings. The van der Waals surface area contributed by atoms with E-state index in [1.54, 1.807) is 0 Å². The number of benzene rings is 1. The number of aliphatic hydroxyl groups is 1. The van der Waals surface area contributed by atoms with Crippen molar-refractivity contribution >= 4 is 0 Å². The molecule has 1 saturated carbocycles. The van der Waals surface area contributed by atoms with Crippen LogP contribution in [0.4, 0.5) is 0 Å². The van der Waals surface area contributed by atoms with E-state index in [0.29, 0.717) is 18.6 Å². The van der Waals surface area contributed by atoms with Crippen molar-refractivity contribution in [1.82, 2.24) is 0 Å². The van der Waals surface area contributed by atoms with E-state index in [1.165, 1.54) is 36.8 Å². The molecule has 0 unspecified atom stereocenters. The minimum Gasteiger partial charge on any atom is -0.490 e. The summed E-state index contributed by atoms with van der Waals surface area (Å²) in [6.07, 6.45) is 4.88.